The van der Waals surface area contributed by atoms with Crippen LogP contribution in [0.2, 0.25) is 0 Å². The fraction of sp³-hybridized carbons (Fsp3) is 0.500. The first kappa shape index (κ1) is 18.3. The summed E-state index contributed by atoms with van der Waals surface area (Å²) in [6, 6.07) is 5.89. The number of hydrogen-bond donors (Lipinski definition) is 2. The Balaban J connectivity index is 1.89. The molecule has 0 saturated heterocycles. The Bertz CT molecular complexity index is 667. The summed E-state index contributed by atoms with van der Waals surface area (Å²) in [5, 5.41) is 2.72. The van der Waals surface area contributed by atoms with Gasteiger partial charge in [0.15, 0.2) is 0 Å². The van der Waals surface area contributed by atoms with E-state index in [1.165, 1.54) is 4.90 Å². The highest BCUT2D eigenvalue weighted by Gasteiger charge is 2.21. The van der Waals surface area contributed by atoms with E-state index in [2.05, 4.69) is 10.0 Å². The zero-order valence-electron chi connectivity index (χ0n) is 13.7. The number of sulfonamides is 1. The van der Waals surface area contributed by atoms with E-state index in [0.29, 0.717) is 11.3 Å². The molecule has 1 saturated carbocycles. The number of amides is 2. The molecule has 1 aliphatic rings. The van der Waals surface area contributed by atoms with Crippen LogP contribution in [0.25, 0.3) is 0 Å². The van der Waals surface area contributed by atoms with Crippen molar-refractivity contribution in [3.63, 3.8) is 0 Å². The number of rotatable bonds is 6. The van der Waals surface area contributed by atoms with Crippen LogP contribution in [0.3, 0.4) is 0 Å². The monoisotopic (exact) mass is 353 g/mol. The molecule has 0 radical (unpaired) electrons. The van der Waals surface area contributed by atoms with Crippen LogP contribution in [0.1, 0.15) is 42.5 Å². The lowest BCUT2D eigenvalue weighted by Crippen LogP contribution is -2.47. The average Bonchev–Trinajstić information content (AvgIpc) is 2.54. The number of carbonyl (C=O) groups excluding carboxylic acids is 2. The van der Waals surface area contributed by atoms with Crippen LogP contribution in [0, 0.1) is 0 Å². The summed E-state index contributed by atoms with van der Waals surface area (Å²) in [6.45, 7) is 0. The first-order chi connectivity index (χ1) is 11.4. The van der Waals surface area contributed by atoms with E-state index < -0.39 is 16.1 Å². The molecule has 0 heterocycles. The van der Waals surface area contributed by atoms with Gasteiger partial charge >= 0.3 is 6.03 Å². The topological polar surface area (TPSA) is 95.6 Å². The summed E-state index contributed by atoms with van der Waals surface area (Å²) in [6.07, 6.45) is 5.75. The van der Waals surface area contributed by atoms with Crippen molar-refractivity contribution < 1.29 is 18.0 Å². The first-order valence-electron chi connectivity index (χ1n) is 7.97. The largest absolute Gasteiger partial charge is 0.359 e. The van der Waals surface area contributed by atoms with Crippen LogP contribution in [-0.4, -0.2) is 39.7 Å². The molecule has 2 amide bonds. The van der Waals surface area contributed by atoms with E-state index in [-0.39, 0.29) is 11.9 Å². The van der Waals surface area contributed by atoms with Crippen LogP contribution in [0.15, 0.2) is 24.3 Å². The number of benzene rings is 1. The average molecular weight is 353 g/mol. The van der Waals surface area contributed by atoms with Crippen molar-refractivity contribution in [3.8, 4) is 0 Å². The van der Waals surface area contributed by atoms with Gasteiger partial charge in [0.2, 0.25) is 0 Å². The number of anilines is 1. The number of carbonyl (C=O) groups is 2. The molecule has 132 valence electrons. The summed E-state index contributed by atoms with van der Waals surface area (Å²) in [7, 11) is -2.19. The number of urea groups is 1. The fourth-order valence-corrected chi connectivity index (χ4v) is 3.84. The van der Waals surface area contributed by atoms with E-state index in [9.17, 15) is 18.0 Å². The summed E-state index contributed by atoms with van der Waals surface area (Å²) in [4.78, 5) is 24.0. The molecule has 0 aromatic heterocycles. The third-order valence-electron chi connectivity index (χ3n) is 4.02. The second kappa shape index (κ2) is 8.14. The molecule has 24 heavy (non-hydrogen) atoms. The maximum atomic E-state index is 12.1. The van der Waals surface area contributed by atoms with Crippen LogP contribution in [-0.2, 0) is 10.0 Å². The van der Waals surface area contributed by atoms with E-state index in [1.807, 2.05) is 0 Å². The van der Waals surface area contributed by atoms with Crippen LogP contribution >= 0.6 is 0 Å². The molecule has 1 fully saturated rings. The Labute approximate surface area is 142 Å². The highest BCUT2D eigenvalue weighted by atomic mass is 32.2. The molecule has 8 heteroatoms. The van der Waals surface area contributed by atoms with Gasteiger partial charge in [-0.25, -0.2) is 17.9 Å². The predicted molar refractivity (Wildman–Crippen MR) is 92.6 cm³/mol. The number of hydrogen-bond acceptors (Lipinski definition) is 5. The minimum atomic E-state index is -3.80. The number of aldehydes is 1. The van der Waals surface area contributed by atoms with Gasteiger partial charge in [-0.05, 0) is 37.1 Å². The second-order valence-corrected chi connectivity index (χ2v) is 7.75. The zero-order chi connectivity index (χ0) is 17.6. The van der Waals surface area contributed by atoms with Crippen LogP contribution < -0.4 is 14.9 Å². The van der Waals surface area contributed by atoms with E-state index in [0.717, 1.165) is 38.4 Å². The van der Waals surface area contributed by atoms with Crippen LogP contribution in [0.4, 0.5) is 10.5 Å². The minimum absolute atomic E-state index is 0.0440. The lowest BCUT2D eigenvalue weighted by atomic mass is 9.96. The minimum Gasteiger partial charge on any atom is -0.359 e. The standard InChI is InChI=1S/C16H23N3O4S/c1-19(15-9-7-13(11-20)8-10-15)12-24(22,23)18-16(21)17-14-5-3-2-4-6-14/h7-11,14H,2-6,12H2,1H3,(H2,17,18,21). The van der Waals surface area contributed by atoms with Gasteiger partial charge in [0.1, 0.15) is 12.2 Å². The smallest absolute Gasteiger partial charge is 0.328 e. The molecular formula is C16H23N3O4S. The van der Waals surface area contributed by atoms with Crippen molar-refractivity contribution in [2.45, 2.75) is 38.1 Å². The third-order valence-corrected chi connectivity index (χ3v) is 5.25. The molecule has 0 bridgehead atoms. The summed E-state index contributed by atoms with van der Waals surface area (Å²) < 4.78 is 26.3. The molecule has 0 spiro atoms. The Kier molecular flexibility index (Phi) is 6.19. The van der Waals surface area contributed by atoms with Crippen molar-refractivity contribution in [1.29, 1.82) is 0 Å². The molecule has 2 rings (SSSR count). The molecule has 1 aromatic rings. The summed E-state index contributed by atoms with van der Waals surface area (Å²) in [5.74, 6) is -0.356. The molecule has 0 aliphatic heterocycles. The van der Waals surface area contributed by atoms with Crippen molar-refractivity contribution in [3.05, 3.63) is 29.8 Å². The van der Waals surface area contributed by atoms with Crippen molar-refractivity contribution in [2.24, 2.45) is 0 Å². The van der Waals surface area contributed by atoms with E-state index >= 15 is 0 Å². The lowest BCUT2D eigenvalue weighted by molar-refractivity contribution is 0.112. The fourth-order valence-electron chi connectivity index (χ4n) is 2.77. The maximum Gasteiger partial charge on any atom is 0.328 e. The molecule has 1 aliphatic carbocycles. The molecular weight excluding hydrogens is 330 g/mol. The Morgan fingerprint density at radius 2 is 1.83 bits per heavy atom. The Morgan fingerprint density at radius 3 is 2.42 bits per heavy atom. The van der Waals surface area contributed by atoms with Crippen molar-refractivity contribution >= 4 is 28.0 Å². The van der Waals surface area contributed by atoms with Gasteiger partial charge in [0.05, 0.1) is 0 Å². The van der Waals surface area contributed by atoms with Gasteiger partial charge in [0, 0.05) is 24.3 Å². The molecule has 2 N–H and O–H groups in total. The lowest BCUT2D eigenvalue weighted by Gasteiger charge is -2.23. The molecule has 1 aromatic carbocycles. The first-order valence-corrected chi connectivity index (χ1v) is 9.62. The second-order valence-electron chi connectivity index (χ2n) is 6.06. The number of nitrogens with zero attached hydrogens (tertiary/aromatic N) is 1. The Morgan fingerprint density at radius 1 is 1.21 bits per heavy atom. The van der Waals surface area contributed by atoms with Gasteiger partial charge in [-0.1, -0.05) is 19.3 Å². The normalized spacial score (nSPS) is 15.5. The van der Waals surface area contributed by atoms with E-state index in [4.69, 9.17) is 0 Å². The quantitative estimate of drug-likeness (QED) is 0.761. The third kappa shape index (κ3) is 5.52. The van der Waals surface area contributed by atoms with Gasteiger partial charge < -0.3 is 10.2 Å². The van der Waals surface area contributed by atoms with Crippen molar-refractivity contribution in [2.75, 3.05) is 17.8 Å². The molecule has 0 unspecified atom stereocenters. The maximum absolute atomic E-state index is 12.1. The van der Waals surface area contributed by atoms with Gasteiger partial charge in [-0.15, -0.1) is 0 Å². The van der Waals surface area contributed by atoms with E-state index in [1.54, 1.807) is 31.3 Å². The SMILES string of the molecule is CN(CS(=O)(=O)NC(=O)NC1CCCCC1)c1ccc(C=O)cc1. The summed E-state index contributed by atoms with van der Waals surface area (Å²) in [5.41, 5.74) is 1.15. The van der Waals surface area contributed by atoms with Crippen molar-refractivity contribution in [1.82, 2.24) is 10.0 Å². The van der Waals surface area contributed by atoms with Gasteiger partial charge in [0.25, 0.3) is 10.0 Å². The zero-order valence-corrected chi connectivity index (χ0v) is 14.5. The number of nitrogens with one attached hydrogen (secondary N) is 2. The van der Waals surface area contributed by atoms with Gasteiger partial charge in [-0.3, -0.25) is 4.79 Å². The summed E-state index contributed by atoms with van der Waals surface area (Å²) >= 11 is 0. The highest BCUT2D eigenvalue weighted by molar-refractivity contribution is 7.90. The highest BCUT2D eigenvalue weighted by Crippen LogP contribution is 2.17. The molecule has 0 atom stereocenters. The predicted octanol–water partition coefficient (Wildman–Crippen LogP) is 1.85. The van der Waals surface area contributed by atoms with Crippen LogP contribution in [0.5, 0.6) is 0 Å². The molecule has 7 nitrogen and oxygen atoms in total. The Hall–Kier alpha value is -2.09. The van der Waals surface area contributed by atoms with Gasteiger partial charge in [-0.2, -0.15) is 0 Å².